The van der Waals surface area contributed by atoms with E-state index in [1.807, 2.05) is 47.1 Å². The quantitative estimate of drug-likeness (QED) is 0.228. The Kier molecular flexibility index (Phi) is 4.85. The molecule has 4 rings (SSSR count). The molecule has 0 saturated carbocycles. The van der Waals surface area contributed by atoms with Crippen molar-refractivity contribution in [2.75, 3.05) is 7.11 Å². The van der Waals surface area contributed by atoms with Crippen LogP contribution in [-0.4, -0.2) is 29.2 Å². The van der Waals surface area contributed by atoms with Gasteiger partial charge in [-0.1, -0.05) is 31.3 Å². The number of aromatic nitrogens is 2. The lowest BCUT2D eigenvalue weighted by atomic mass is 9.96. The number of H-pyrrole nitrogens is 1. The highest BCUT2D eigenvalue weighted by atomic mass is 32.1. The number of para-hydroxylation sites is 1. The first kappa shape index (κ1) is 18.2. The van der Waals surface area contributed by atoms with Crippen molar-refractivity contribution in [3.8, 4) is 0 Å². The number of rotatable bonds is 5. The number of hydrogen-bond donors (Lipinski definition) is 1. The first-order valence-electron chi connectivity index (χ1n) is 8.82. The summed E-state index contributed by atoms with van der Waals surface area (Å²) in [5, 5.41) is 5.49. The third-order valence-electron chi connectivity index (χ3n) is 4.76. The monoisotopic (exact) mass is 393 g/mol. The molecule has 1 aromatic carbocycles. The SMILES string of the molecule is COC(=O)C(C)[c-]1[nH+]c2ccccc2c1C(=O)[C-]1C=[S+][C-](c2cccnc2)[NH2+]1. The predicted molar refractivity (Wildman–Crippen MR) is 106 cm³/mol. The molecule has 1 aliphatic rings. The normalized spacial score (nSPS) is 14.5. The molecule has 142 valence electrons. The average molecular weight is 393 g/mol. The number of methoxy groups -OCH3 is 1. The number of nitrogens with zero attached hydrogens (tertiary/aromatic N) is 1. The second-order valence-corrected chi connectivity index (χ2v) is 7.39. The van der Waals surface area contributed by atoms with Crippen molar-refractivity contribution >= 4 is 39.4 Å². The van der Waals surface area contributed by atoms with Crippen molar-refractivity contribution in [3.05, 3.63) is 77.0 Å². The summed E-state index contributed by atoms with van der Waals surface area (Å²) in [6, 6.07) is 12.0. The van der Waals surface area contributed by atoms with Gasteiger partial charge >= 0.3 is 5.97 Å². The molecule has 1 aliphatic heterocycles. The summed E-state index contributed by atoms with van der Waals surface area (Å²) in [4.78, 5) is 32.9. The molecule has 0 spiro atoms. The highest BCUT2D eigenvalue weighted by Crippen LogP contribution is 2.27. The number of aromatic amines is 1. The number of esters is 1. The van der Waals surface area contributed by atoms with Crippen LogP contribution in [0.1, 0.15) is 34.5 Å². The van der Waals surface area contributed by atoms with Gasteiger partial charge in [0.05, 0.1) is 18.5 Å². The number of nitrogens with two attached hydrogens (primary N) is 1. The van der Waals surface area contributed by atoms with Gasteiger partial charge in [0.1, 0.15) is 0 Å². The van der Waals surface area contributed by atoms with Gasteiger partial charge < -0.3 is 24.8 Å². The van der Waals surface area contributed by atoms with Crippen LogP contribution >= 0.6 is 0 Å². The molecule has 0 amide bonds. The Morgan fingerprint density at radius 3 is 2.82 bits per heavy atom. The lowest BCUT2D eigenvalue weighted by Crippen LogP contribution is -2.86. The summed E-state index contributed by atoms with van der Waals surface area (Å²) < 4.78 is 4.89. The number of fused-ring (bicyclic) bond motifs is 1. The largest absolute Gasteiger partial charge is 0.469 e. The van der Waals surface area contributed by atoms with Crippen LogP contribution in [0, 0.1) is 11.4 Å². The Labute approximate surface area is 166 Å². The van der Waals surface area contributed by atoms with Crippen LogP contribution in [0.3, 0.4) is 0 Å². The maximum absolute atomic E-state index is 13.4. The Morgan fingerprint density at radius 1 is 1.25 bits per heavy atom. The van der Waals surface area contributed by atoms with E-state index in [-0.39, 0.29) is 11.8 Å². The third-order valence-corrected chi connectivity index (χ3v) is 5.74. The smallest absolute Gasteiger partial charge is 0.308 e. The maximum Gasteiger partial charge on any atom is 0.308 e. The molecule has 0 fully saturated rings. The number of hydrogen-bond acceptors (Lipinski definition) is 4. The highest BCUT2D eigenvalue weighted by molar-refractivity contribution is 7.81. The number of carbonyl (C=O) groups excluding carboxylic acids is 2. The zero-order chi connectivity index (χ0) is 19.7. The van der Waals surface area contributed by atoms with E-state index in [0.29, 0.717) is 17.3 Å². The minimum atomic E-state index is -0.576. The van der Waals surface area contributed by atoms with E-state index in [9.17, 15) is 9.59 Å². The van der Waals surface area contributed by atoms with E-state index >= 15 is 0 Å². The molecule has 1 atom stereocenters. The summed E-state index contributed by atoms with van der Waals surface area (Å²) >= 11 is 1.50. The Bertz CT molecular complexity index is 1060. The molecule has 0 aliphatic carbocycles. The lowest BCUT2D eigenvalue weighted by molar-refractivity contribution is -0.580. The minimum Gasteiger partial charge on any atom is -0.469 e. The van der Waals surface area contributed by atoms with Crippen molar-refractivity contribution in [1.82, 2.24) is 4.98 Å². The van der Waals surface area contributed by atoms with Gasteiger partial charge in [-0.05, 0) is 17.8 Å². The van der Waals surface area contributed by atoms with Gasteiger partial charge in [0, 0.05) is 17.5 Å². The second-order valence-electron chi connectivity index (χ2n) is 6.47. The van der Waals surface area contributed by atoms with Crippen LogP contribution in [0.4, 0.5) is 0 Å². The number of quaternary nitrogens is 1. The summed E-state index contributed by atoms with van der Waals surface area (Å²) in [5.74, 6) is -1.08. The van der Waals surface area contributed by atoms with Gasteiger partial charge in [-0.3, -0.25) is 4.79 Å². The number of carbonyl (C=O) groups is 2. The highest BCUT2D eigenvalue weighted by Gasteiger charge is 2.31. The molecule has 3 N–H and O–H groups in total. The molecule has 6 nitrogen and oxygen atoms in total. The fourth-order valence-corrected chi connectivity index (χ4v) is 4.17. The van der Waals surface area contributed by atoms with Gasteiger partial charge in [-0.25, -0.2) is 0 Å². The Morgan fingerprint density at radius 2 is 2.07 bits per heavy atom. The third kappa shape index (κ3) is 3.15. The van der Waals surface area contributed by atoms with Crippen LogP contribution < -0.4 is 10.3 Å². The molecule has 28 heavy (non-hydrogen) atoms. The maximum atomic E-state index is 13.4. The van der Waals surface area contributed by atoms with Crippen molar-refractivity contribution in [2.24, 2.45) is 0 Å². The van der Waals surface area contributed by atoms with Crippen LogP contribution in [0.2, 0.25) is 0 Å². The first-order chi connectivity index (χ1) is 13.6. The van der Waals surface area contributed by atoms with Crippen molar-refractivity contribution < 1.29 is 24.6 Å². The van der Waals surface area contributed by atoms with E-state index in [4.69, 9.17) is 4.74 Å². The fraction of sp³-hybridized carbons (Fsp3) is 0.143. The average Bonchev–Trinajstić information content (AvgIpc) is 3.38. The molecule has 3 aromatic rings. The van der Waals surface area contributed by atoms with Crippen molar-refractivity contribution in [2.45, 2.75) is 12.8 Å². The molecule has 0 radical (unpaired) electrons. The zero-order valence-electron chi connectivity index (χ0n) is 15.4. The van der Waals surface area contributed by atoms with Gasteiger partial charge in [-0.15, -0.1) is 17.5 Å². The molecule has 3 heterocycles. The van der Waals surface area contributed by atoms with Crippen LogP contribution in [0.15, 0.2) is 48.8 Å². The number of nitrogens with one attached hydrogen (secondary N) is 1. The first-order valence-corrected chi connectivity index (χ1v) is 9.70. The van der Waals surface area contributed by atoms with Crippen LogP contribution in [-0.2, 0) is 20.9 Å². The van der Waals surface area contributed by atoms with Gasteiger partial charge in [0.15, 0.2) is 16.7 Å². The molecule has 0 saturated heterocycles. The topological polar surface area (TPSA) is 87.0 Å². The molecule has 1 unspecified atom stereocenters. The Hall–Kier alpha value is -3.16. The summed E-state index contributed by atoms with van der Waals surface area (Å²) in [5.41, 5.74) is 2.88. The number of ketones is 1. The molecule has 0 bridgehead atoms. The minimum absolute atomic E-state index is 0.116. The van der Waals surface area contributed by atoms with Crippen molar-refractivity contribution in [1.29, 1.82) is 0 Å². The van der Waals surface area contributed by atoms with Gasteiger partial charge in [-0.2, -0.15) is 5.56 Å². The zero-order valence-corrected chi connectivity index (χ0v) is 16.2. The predicted octanol–water partition coefficient (Wildman–Crippen LogP) is 0.759. The lowest BCUT2D eigenvalue weighted by Gasteiger charge is -2.22. The molecule has 2 aromatic heterocycles. The van der Waals surface area contributed by atoms with E-state index < -0.39 is 5.92 Å². The summed E-state index contributed by atoms with van der Waals surface area (Å²) in [6.45, 7) is 1.74. The summed E-state index contributed by atoms with van der Waals surface area (Å²) in [7, 11) is 1.35. The van der Waals surface area contributed by atoms with Crippen molar-refractivity contribution in [3.63, 3.8) is 0 Å². The van der Waals surface area contributed by atoms with Crippen LogP contribution in [0.25, 0.3) is 10.9 Å². The molecular weight excluding hydrogens is 374 g/mol. The number of Topliss-reactive ketones (excluding diaryl/α,β-unsaturated/α-hetero) is 1. The van der Waals surface area contributed by atoms with Crippen LogP contribution in [0.5, 0.6) is 0 Å². The van der Waals surface area contributed by atoms with E-state index in [2.05, 4.69) is 9.97 Å². The standard InChI is InChI=1S/C21H19N3O3S/c1-12(21(26)27-2)18-17(14-7-3-4-8-15(14)23-18)19(25)16-11-28-20(24-16)13-6-5-9-22-10-13/h3-12,23H,24H2,1-2H3. The van der Waals surface area contributed by atoms with Gasteiger partial charge in [0.2, 0.25) is 0 Å². The molecular formula is C21H19N3O3S. The molecule has 7 heteroatoms. The second kappa shape index (κ2) is 7.46. The number of benzene rings is 1. The van der Waals surface area contributed by atoms with E-state index in [1.165, 1.54) is 18.5 Å². The Balaban J connectivity index is 1.69. The number of ether oxygens (including phenoxy) is 1. The summed E-state index contributed by atoms with van der Waals surface area (Å²) in [6.07, 6.45) is 3.49. The van der Waals surface area contributed by atoms with E-state index in [1.54, 1.807) is 19.3 Å². The van der Waals surface area contributed by atoms with E-state index in [0.717, 1.165) is 21.8 Å². The van der Waals surface area contributed by atoms with Gasteiger partial charge in [0.25, 0.3) is 5.37 Å². The fourth-order valence-electron chi connectivity index (χ4n) is 3.29. The number of pyridine rings is 1.